The summed E-state index contributed by atoms with van der Waals surface area (Å²) in [4.78, 5) is 19.6. The molecule has 4 saturated heterocycles. The van der Waals surface area contributed by atoms with Crippen LogP contribution in [0.5, 0.6) is 0 Å². The molecular weight excluding hydrogens is 304 g/mol. The Morgan fingerprint density at radius 1 is 1.17 bits per heavy atom. The van der Waals surface area contributed by atoms with Crippen LogP contribution in [0, 0.1) is 19.8 Å². The number of hydrogen-bond acceptors (Lipinski definition) is 4. The third-order valence-electron chi connectivity index (χ3n) is 5.97. The number of amides is 2. The van der Waals surface area contributed by atoms with Gasteiger partial charge in [-0.25, -0.2) is 4.79 Å². The summed E-state index contributed by atoms with van der Waals surface area (Å²) >= 11 is 0. The summed E-state index contributed by atoms with van der Waals surface area (Å²) in [6, 6.07) is 0.638. The standard InChI is InChI=1S/C18H28N4O2/c1-13-17(14(2)24-19-13)12-20-9-15-5-6-16(11-20)22(10-15)18(23)21-7-3-4-8-21/h15-16H,3-12H2,1-2H3/t15-,16+/m1/s1. The van der Waals surface area contributed by atoms with Crippen LogP contribution in [-0.2, 0) is 6.54 Å². The Balaban J connectivity index is 1.47. The van der Waals surface area contributed by atoms with Crippen molar-refractivity contribution in [2.75, 3.05) is 32.7 Å². The van der Waals surface area contributed by atoms with Crippen LogP contribution in [0.4, 0.5) is 4.79 Å². The van der Waals surface area contributed by atoms with E-state index < -0.39 is 0 Å². The predicted molar refractivity (Wildman–Crippen MR) is 90.7 cm³/mol. The van der Waals surface area contributed by atoms with Gasteiger partial charge in [0.1, 0.15) is 5.76 Å². The molecule has 24 heavy (non-hydrogen) atoms. The molecule has 1 aromatic heterocycles. The lowest BCUT2D eigenvalue weighted by atomic mass is 9.95. The summed E-state index contributed by atoms with van der Waals surface area (Å²) in [6.07, 6.45) is 4.70. The number of carbonyl (C=O) groups is 1. The van der Waals surface area contributed by atoms with E-state index in [1.54, 1.807) is 0 Å². The molecule has 4 fully saturated rings. The van der Waals surface area contributed by atoms with Gasteiger partial charge in [0.05, 0.1) is 5.69 Å². The summed E-state index contributed by atoms with van der Waals surface area (Å²) in [7, 11) is 0. The smallest absolute Gasteiger partial charge is 0.320 e. The highest BCUT2D eigenvalue weighted by Crippen LogP contribution is 2.30. The topological polar surface area (TPSA) is 52.8 Å². The molecule has 0 aliphatic carbocycles. The van der Waals surface area contributed by atoms with Gasteiger partial charge < -0.3 is 14.3 Å². The van der Waals surface area contributed by atoms with Crippen LogP contribution in [-0.4, -0.2) is 64.7 Å². The number of fused-ring (bicyclic) bond motifs is 4. The molecule has 2 bridgehead atoms. The highest BCUT2D eigenvalue weighted by molar-refractivity contribution is 5.75. The van der Waals surface area contributed by atoms with Gasteiger partial charge in [0, 0.05) is 50.9 Å². The van der Waals surface area contributed by atoms with Gasteiger partial charge in [-0.2, -0.15) is 0 Å². The molecule has 0 aromatic carbocycles. The molecule has 2 amide bonds. The van der Waals surface area contributed by atoms with Crippen molar-refractivity contribution in [2.45, 2.75) is 52.1 Å². The third kappa shape index (κ3) is 2.92. The van der Waals surface area contributed by atoms with Crippen molar-refractivity contribution in [3.05, 3.63) is 17.0 Å². The van der Waals surface area contributed by atoms with Crippen LogP contribution >= 0.6 is 0 Å². The molecule has 4 aliphatic rings. The summed E-state index contributed by atoms with van der Waals surface area (Å²) in [5, 5.41) is 4.08. The van der Waals surface area contributed by atoms with Crippen molar-refractivity contribution in [3.8, 4) is 0 Å². The normalized spacial score (nSPS) is 27.8. The lowest BCUT2D eigenvalue weighted by Gasteiger charge is -2.38. The van der Waals surface area contributed by atoms with E-state index in [2.05, 4.69) is 19.9 Å². The highest BCUT2D eigenvalue weighted by atomic mass is 16.5. The molecule has 132 valence electrons. The summed E-state index contributed by atoms with van der Waals surface area (Å²) in [5.41, 5.74) is 2.21. The Morgan fingerprint density at radius 2 is 1.96 bits per heavy atom. The Bertz CT molecular complexity index is 589. The molecule has 0 radical (unpaired) electrons. The number of urea groups is 1. The van der Waals surface area contributed by atoms with Crippen molar-refractivity contribution in [1.29, 1.82) is 0 Å². The summed E-state index contributed by atoms with van der Waals surface area (Å²) in [6.45, 7) is 9.75. The first-order valence-electron chi connectivity index (χ1n) is 9.31. The second-order valence-electron chi connectivity index (χ2n) is 7.72. The Labute approximate surface area is 143 Å². The van der Waals surface area contributed by atoms with Gasteiger partial charge in [-0.3, -0.25) is 4.90 Å². The maximum absolute atomic E-state index is 12.9. The van der Waals surface area contributed by atoms with Gasteiger partial charge in [-0.15, -0.1) is 0 Å². The van der Waals surface area contributed by atoms with Gasteiger partial charge in [0.2, 0.25) is 0 Å². The molecule has 5 heterocycles. The first kappa shape index (κ1) is 15.9. The van der Waals surface area contributed by atoms with Crippen LogP contribution in [0.2, 0.25) is 0 Å². The average molecular weight is 332 g/mol. The van der Waals surface area contributed by atoms with E-state index in [0.717, 1.165) is 70.0 Å². The maximum Gasteiger partial charge on any atom is 0.320 e. The van der Waals surface area contributed by atoms with E-state index in [0.29, 0.717) is 12.0 Å². The molecule has 6 nitrogen and oxygen atoms in total. The second-order valence-corrected chi connectivity index (χ2v) is 7.72. The predicted octanol–water partition coefficient (Wildman–Crippen LogP) is 2.40. The van der Waals surface area contributed by atoms with E-state index in [1.165, 1.54) is 12.0 Å². The average Bonchev–Trinajstić information content (AvgIpc) is 3.11. The molecule has 2 atom stereocenters. The number of aromatic nitrogens is 1. The number of nitrogens with zero attached hydrogens (tertiary/aromatic N) is 4. The number of carbonyl (C=O) groups excluding carboxylic acids is 1. The van der Waals surface area contributed by atoms with Crippen molar-refractivity contribution >= 4 is 6.03 Å². The molecular formula is C18H28N4O2. The van der Waals surface area contributed by atoms with E-state index in [1.807, 2.05) is 13.8 Å². The SMILES string of the molecule is Cc1noc(C)c1CN1C[C@H]2CC[C@@H](C1)N(C(=O)N1CCCC1)C2. The number of aryl methyl sites for hydroxylation is 2. The molecule has 4 aliphatic heterocycles. The maximum atomic E-state index is 12.9. The van der Waals surface area contributed by atoms with Crippen LogP contribution in [0.15, 0.2) is 4.52 Å². The fourth-order valence-corrected chi connectivity index (χ4v) is 4.58. The first-order chi connectivity index (χ1) is 11.6. The number of piperidine rings is 1. The van der Waals surface area contributed by atoms with E-state index >= 15 is 0 Å². The Kier molecular flexibility index (Phi) is 4.24. The van der Waals surface area contributed by atoms with Crippen LogP contribution in [0.3, 0.4) is 0 Å². The fraction of sp³-hybridized carbons (Fsp3) is 0.778. The molecule has 5 rings (SSSR count). The monoisotopic (exact) mass is 332 g/mol. The highest BCUT2D eigenvalue weighted by Gasteiger charge is 2.39. The molecule has 0 spiro atoms. The van der Waals surface area contributed by atoms with Gasteiger partial charge in [0.15, 0.2) is 0 Å². The number of rotatable bonds is 2. The van der Waals surface area contributed by atoms with Crippen LogP contribution in [0.25, 0.3) is 0 Å². The van der Waals surface area contributed by atoms with Crippen molar-refractivity contribution in [1.82, 2.24) is 19.9 Å². The molecule has 0 saturated carbocycles. The van der Waals surface area contributed by atoms with E-state index in [4.69, 9.17) is 4.52 Å². The fourth-order valence-electron chi connectivity index (χ4n) is 4.58. The van der Waals surface area contributed by atoms with Crippen molar-refractivity contribution in [2.24, 2.45) is 5.92 Å². The van der Waals surface area contributed by atoms with Gasteiger partial charge in [-0.1, -0.05) is 5.16 Å². The van der Waals surface area contributed by atoms with E-state index in [9.17, 15) is 4.79 Å². The summed E-state index contributed by atoms with van der Waals surface area (Å²) in [5.74, 6) is 1.52. The molecule has 6 heteroatoms. The zero-order valence-electron chi connectivity index (χ0n) is 14.8. The lowest BCUT2D eigenvalue weighted by molar-refractivity contribution is 0.114. The lowest BCUT2D eigenvalue weighted by Crippen LogP contribution is -2.52. The van der Waals surface area contributed by atoms with Crippen molar-refractivity contribution in [3.63, 3.8) is 0 Å². The molecule has 0 N–H and O–H groups in total. The van der Waals surface area contributed by atoms with Crippen LogP contribution < -0.4 is 0 Å². The summed E-state index contributed by atoms with van der Waals surface area (Å²) < 4.78 is 5.32. The second kappa shape index (κ2) is 6.39. The minimum atomic E-state index is 0.279. The zero-order chi connectivity index (χ0) is 16.7. The van der Waals surface area contributed by atoms with Gasteiger partial charge in [0.25, 0.3) is 0 Å². The van der Waals surface area contributed by atoms with Crippen LogP contribution in [0.1, 0.15) is 42.7 Å². The zero-order valence-corrected chi connectivity index (χ0v) is 14.8. The Hall–Kier alpha value is -1.56. The quantitative estimate of drug-likeness (QED) is 0.834. The molecule has 1 aromatic rings. The van der Waals surface area contributed by atoms with Crippen molar-refractivity contribution < 1.29 is 9.32 Å². The Morgan fingerprint density at radius 3 is 2.67 bits per heavy atom. The van der Waals surface area contributed by atoms with E-state index in [-0.39, 0.29) is 6.03 Å². The van der Waals surface area contributed by atoms with Gasteiger partial charge >= 0.3 is 6.03 Å². The molecule has 0 unspecified atom stereocenters. The minimum absolute atomic E-state index is 0.279. The largest absolute Gasteiger partial charge is 0.361 e. The van der Waals surface area contributed by atoms with Gasteiger partial charge in [-0.05, 0) is 45.4 Å². The third-order valence-corrected chi connectivity index (χ3v) is 5.97. The minimum Gasteiger partial charge on any atom is -0.361 e. The number of likely N-dealkylation sites (tertiary alicyclic amines) is 1. The first-order valence-corrected chi connectivity index (χ1v) is 9.31. The number of hydrogen-bond donors (Lipinski definition) is 0.